The van der Waals surface area contributed by atoms with Crippen molar-refractivity contribution >= 4 is 33.2 Å². The van der Waals surface area contributed by atoms with Gasteiger partial charge in [-0.05, 0) is 80.1 Å². The highest BCUT2D eigenvalue weighted by Crippen LogP contribution is 2.51. The summed E-state index contributed by atoms with van der Waals surface area (Å²) in [5, 5.41) is 7.10. The molecule has 43 heavy (non-hydrogen) atoms. The van der Waals surface area contributed by atoms with E-state index in [1.165, 1.54) is 57.0 Å². The van der Waals surface area contributed by atoms with Crippen molar-refractivity contribution < 1.29 is 27.1 Å². The van der Waals surface area contributed by atoms with E-state index in [-0.39, 0.29) is 10.6 Å². The number of ether oxygens (including phenoxy) is 2. The van der Waals surface area contributed by atoms with Crippen molar-refractivity contribution in [2.45, 2.75) is 43.3 Å². The number of carbonyl (C=O) groups excluding carboxylic acids is 1. The summed E-state index contributed by atoms with van der Waals surface area (Å²) in [6.45, 7) is 5.19. The molecule has 0 fully saturated rings. The SMILES string of the molecule is CCCNCc1ccc(OC)c(C2(N[C@@H](C)c3ncco3)C(=O)N(S(=O)(=O)c3ccc(OC)cc3)c3ccc(Cl)cc32)c1. The zero-order valence-electron chi connectivity index (χ0n) is 24.3. The number of nitrogens with zero attached hydrogens (tertiary/aromatic N) is 2. The highest BCUT2D eigenvalue weighted by Gasteiger charge is 2.58. The van der Waals surface area contributed by atoms with Crippen molar-refractivity contribution in [3.63, 3.8) is 0 Å². The molecule has 2 heterocycles. The highest BCUT2D eigenvalue weighted by atomic mass is 35.5. The number of sulfonamides is 1. The molecular weight excluding hydrogens is 592 g/mol. The summed E-state index contributed by atoms with van der Waals surface area (Å²) < 4.78 is 45.9. The Bertz CT molecular complexity index is 1710. The lowest BCUT2D eigenvalue weighted by molar-refractivity contribution is -0.122. The number of rotatable bonds is 12. The lowest BCUT2D eigenvalue weighted by Gasteiger charge is -2.34. The van der Waals surface area contributed by atoms with Gasteiger partial charge in [0, 0.05) is 22.7 Å². The van der Waals surface area contributed by atoms with E-state index in [0.29, 0.717) is 40.1 Å². The van der Waals surface area contributed by atoms with Crippen LogP contribution >= 0.6 is 11.6 Å². The molecule has 5 rings (SSSR count). The Kier molecular flexibility index (Phi) is 8.79. The summed E-state index contributed by atoms with van der Waals surface area (Å²) in [5.41, 5.74) is 0.0401. The van der Waals surface area contributed by atoms with Gasteiger partial charge < -0.3 is 19.2 Å². The van der Waals surface area contributed by atoms with Crippen LogP contribution in [0.25, 0.3) is 0 Å². The van der Waals surface area contributed by atoms with Gasteiger partial charge in [0.25, 0.3) is 15.9 Å². The molecule has 1 amide bonds. The Morgan fingerprint density at radius 1 is 1.05 bits per heavy atom. The van der Waals surface area contributed by atoms with Gasteiger partial charge >= 0.3 is 0 Å². The maximum absolute atomic E-state index is 15.0. The third-order valence-corrected chi connectivity index (χ3v) is 9.31. The number of benzene rings is 3. The van der Waals surface area contributed by atoms with E-state index in [9.17, 15) is 13.2 Å². The standard InChI is InChI=1S/C31H33ClN4O6S/c1-5-14-33-19-21-6-13-28(41-4)26(17-21)31(35-20(2)29-34-15-16-42-29)25-18-22(32)7-12-27(25)36(30(31)37)43(38,39)24-10-8-23(40-3)9-11-24/h6-13,15-18,20,33,35H,5,14,19H2,1-4H3/t20-,31?/m0/s1. The Morgan fingerprint density at radius 3 is 2.47 bits per heavy atom. The largest absolute Gasteiger partial charge is 0.497 e. The third kappa shape index (κ3) is 5.49. The van der Waals surface area contributed by atoms with Crippen molar-refractivity contribution in [2.75, 3.05) is 25.1 Å². The second kappa shape index (κ2) is 12.4. The Hall–Kier alpha value is -3.90. The molecule has 1 aliphatic heterocycles. The van der Waals surface area contributed by atoms with Crippen LogP contribution in [0.4, 0.5) is 5.69 Å². The molecule has 0 saturated carbocycles. The molecule has 10 nitrogen and oxygen atoms in total. The molecule has 0 aliphatic carbocycles. The monoisotopic (exact) mass is 624 g/mol. The van der Waals surface area contributed by atoms with E-state index in [4.69, 9.17) is 25.5 Å². The molecule has 2 N–H and O–H groups in total. The van der Waals surface area contributed by atoms with Gasteiger partial charge in [-0.25, -0.2) is 17.7 Å². The van der Waals surface area contributed by atoms with Crippen LogP contribution in [-0.2, 0) is 26.9 Å². The lowest BCUT2D eigenvalue weighted by atomic mass is 9.81. The summed E-state index contributed by atoms with van der Waals surface area (Å²) in [4.78, 5) is 19.2. The molecule has 2 atom stereocenters. The zero-order valence-corrected chi connectivity index (χ0v) is 25.8. The van der Waals surface area contributed by atoms with Crippen LogP contribution < -0.4 is 24.4 Å². The number of fused-ring (bicyclic) bond motifs is 1. The predicted molar refractivity (Wildman–Crippen MR) is 163 cm³/mol. The molecule has 226 valence electrons. The molecule has 4 aromatic rings. The highest BCUT2D eigenvalue weighted by molar-refractivity contribution is 7.93. The fraction of sp³-hybridized carbons (Fsp3) is 0.290. The minimum absolute atomic E-state index is 0.0800. The number of anilines is 1. The number of halogens is 1. The normalized spacial score (nSPS) is 17.1. The van der Waals surface area contributed by atoms with Crippen molar-refractivity contribution in [2.24, 2.45) is 0 Å². The van der Waals surface area contributed by atoms with Gasteiger partial charge in [0.1, 0.15) is 17.8 Å². The third-order valence-electron chi connectivity index (χ3n) is 7.36. The summed E-state index contributed by atoms with van der Waals surface area (Å²) in [7, 11) is -1.41. The van der Waals surface area contributed by atoms with Crippen LogP contribution in [-0.4, -0.2) is 40.1 Å². The van der Waals surface area contributed by atoms with Crippen LogP contribution in [0.2, 0.25) is 5.02 Å². The minimum atomic E-state index is -4.40. The fourth-order valence-electron chi connectivity index (χ4n) is 5.33. The van der Waals surface area contributed by atoms with Crippen LogP contribution in [0.3, 0.4) is 0 Å². The van der Waals surface area contributed by atoms with Crippen molar-refractivity contribution in [3.05, 3.63) is 101 Å². The minimum Gasteiger partial charge on any atom is -0.497 e. The first-order valence-corrected chi connectivity index (χ1v) is 15.6. The van der Waals surface area contributed by atoms with Crippen LogP contribution in [0, 0.1) is 0 Å². The summed E-state index contributed by atoms with van der Waals surface area (Å²) in [5.74, 6) is 0.421. The maximum atomic E-state index is 15.0. The number of amides is 1. The second-order valence-corrected chi connectivity index (χ2v) is 12.3. The molecule has 3 aromatic carbocycles. The smallest absolute Gasteiger partial charge is 0.270 e. The second-order valence-electron chi connectivity index (χ2n) is 10.1. The van der Waals surface area contributed by atoms with Gasteiger partial charge in [0.05, 0.1) is 37.0 Å². The van der Waals surface area contributed by atoms with Crippen molar-refractivity contribution in [1.29, 1.82) is 0 Å². The van der Waals surface area contributed by atoms with E-state index in [0.717, 1.165) is 22.8 Å². The van der Waals surface area contributed by atoms with E-state index in [2.05, 4.69) is 22.5 Å². The van der Waals surface area contributed by atoms with Gasteiger partial charge in [-0.2, -0.15) is 0 Å². The first-order chi connectivity index (χ1) is 20.7. The van der Waals surface area contributed by atoms with Crippen molar-refractivity contribution in [1.82, 2.24) is 15.6 Å². The predicted octanol–water partition coefficient (Wildman–Crippen LogP) is 5.17. The van der Waals surface area contributed by atoms with Gasteiger partial charge in [-0.15, -0.1) is 0 Å². The summed E-state index contributed by atoms with van der Waals surface area (Å²) in [6, 6.07) is 15.5. The molecule has 0 bridgehead atoms. The lowest BCUT2D eigenvalue weighted by Crippen LogP contribution is -2.53. The fourth-order valence-corrected chi connectivity index (χ4v) is 6.97. The number of nitrogens with one attached hydrogen (secondary N) is 2. The topological polar surface area (TPSA) is 123 Å². The number of methoxy groups -OCH3 is 2. The number of carbonyl (C=O) groups is 1. The van der Waals surface area contributed by atoms with Crippen molar-refractivity contribution in [3.8, 4) is 11.5 Å². The number of hydrogen-bond acceptors (Lipinski definition) is 9. The summed E-state index contributed by atoms with van der Waals surface area (Å²) in [6.07, 6.45) is 3.88. The number of oxazole rings is 1. The average Bonchev–Trinajstić information content (AvgIpc) is 3.63. The van der Waals surface area contributed by atoms with Crippen LogP contribution in [0.5, 0.6) is 11.5 Å². The van der Waals surface area contributed by atoms with Crippen LogP contribution in [0.15, 0.2) is 82.4 Å². The molecule has 1 unspecified atom stereocenters. The van der Waals surface area contributed by atoms with E-state index in [1.807, 2.05) is 12.1 Å². The molecular formula is C31H33ClN4O6S. The average molecular weight is 625 g/mol. The first kappa shape index (κ1) is 30.6. The quantitative estimate of drug-likeness (QED) is 0.205. The Labute approximate surface area is 256 Å². The molecule has 0 spiro atoms. The Morgan fingerprint density at radius 2 is 1.81 bits per heavy atom. The molecule has 1 aliphatic rings. The molecule has 12 heteroatoms. The van der Waals surface area contributed by atoms with E-state index < -0.39 is 27.5 Å². The number of aromatic nitrogens is 1. The zero-order chi connectivity index (χ0) is 30.8. The number of hydrogen-bond donors (Lipinski definition) is 2. The maximum Gasteiger partial charge on any atom is 0.270 e. The van der Waals surface area contributed by atoms with Gasteiger partial charge in [-0.3, -0.25) is 10.1 Å². The van der Waals surface area contributed by atoms with Gasteiger partial charge in [0.2, 0.25) is 5.89 Å². The van der Waals surface area contributed by atoms with E-state index in [1.54, 1.807) is 25.1 Å². The first-order valence-electron chi connectivity index (χ1n) is 13.8. The van der Waals surface area contributed by atoms with E-state index >= 15 is 0 Å². The molecule has 1 aromatic heterocycles. The molecule has 0 saturated heterocycles. The van der Waals surface area contributed by atoms with Crippen LogP contribution in [0.1, 0.15) is 48.9 Å². The summed E-state index contributed by atoms with van der Waals surface area (Å²) >= 11 is 6.53. The van der Waals surface area contributed by atoms with Gasteiger partial charge in [-0.1, -0.05) is 24.6 Å². The molecule has 0 radical (unpaired) electrons. The Balaban J connectivity index is 1.77. The van der Waals surface area contributed by atoms with Gasteiger partial charge in [0.15, 0.2) is 5.54 Å².